The smallest absolute Gasteiger partial charge is 0.213 e. The normalized spacial score (nSPS) is 10.9. The van der Waals surface area contributed by atoms with Gasteiger partial charge < -0.3 is 9.72 Å². The van der Waals surface area contributed by atoms with Gasteiger partial charge in [0.2, 0.25) is 5.90 Å². The molecule has 0 fully saturated rings. The molecule has 0 radical (unpaired) electrons. The quantitative estimate of drug-likeness (QED) is 0.482. The van der Waals surface area contributed by atoms with Crippen molar-refractivity contribution in [3.05, 3.63) is 58.1 Å². The van der Waals surface area contributed by atoms with Crippen LogP contribution >= 0.6 is 23.2 Å². The molecule has 0 aliphatic rings. The number of hydrogen-bond acceptors (Lipinski definition) is 2. The molecule has 0 saturated heterocycles. The van der Waals surface area contributed by atoms with Gasteiger partial charge in [-0.3, -0.25) is 5.41 Å². The third-order valence-electron chi connectivity index (χ3n) is 3.35. The monoisotopic (exact) mass is 332 g/mol. The van der Waals surface area contributed by atoms with Crippen LogP contribution in [-0.2, 0) is 4.74 Å². The number of hydrogen-bond donors (Lipinski definition) is 2. The van der Waals surface area contributed by atoms with Gasteiger partial charge in [0, 0.05) is 37.8 Å². The molecular weight excluding hydrogens is 319 g/mol. The van der Waals surface area contributed by atoms with Crippen molar-refractivity contribution in [3.63, 3.8) is 0 Å². The highest BCUT2D eigenvalue weighted by Gasteiger charge is 2.08. The van der Waals surface area contributed by atoms with Crippen molar-refractivity contribution < 1.29 is 4.74 Å². The molecule has 3 rings (SSSR count). The molecular formula is C17H14Cl2N2O. The highest BCUT2D eigenvalue weighted by Crippen LogP contribution is 2.29. The van der Waals surface area contributed by atoms with Gasteiger partial charge in [0.15, 0.2) is 0 Å². The van der Waals surface area contributed by atoms with Crippen LogP contribution in [0.15, 0.2) is 42.5 Å². The maximum absolute atomic E-state index is 7.86. The lowest BCUT2D eigenvalue weighted by molar-refractivity contribution is 0.325. The maximum atomic E-state index is 7.86. The van der Waals surface area contributed by atoms with Gasteiger partial charge in [-0.05, 0) is 49.4 Å². The number of benzene rings is 2. The van der Waals surface area contributed by atoms with Crippen LogP contribution in [0.25, 0.3) is 22.2 Å². The maximum Gasteiger partial charge on any atom is 0.213 e. The Morgan fingerprint density at radius 1 is 1.09 bits per heavy atom. The molecule has 22 heavy (non-hydrogen) atoms. The molecule has 3 aromatic rings. The van der Waals surface area contributed by atoms with E-state index in [0.29, 0.717) is 16.7 Å². The lowest BCUT2D eigenvalue weighted by atomic mass is 10.1. The summed E-state index contributed by atoms with van der Waals surface area (Å²) in [7, 11) is 0. The van der Waals surface area contributed by atoms with Crippen molar-refractivity contribution in [3.8, 4) is 11.3 Å². The first-order valence-corrected chi connectivity index (χ1v) is 7.63. The minimum absolute atomic E-state index is 0.179. The number of H-pyrrole nitrogens is 1. The van der Waals surface area contributed by atoms with Crippen molar-refractivity contribution >= 4 is 40.0 Å². The van der Waals surface area contributed by atoms with E-state index in [1.807, 2.05) is 43.3 Å². The second kappa shape index (κ2) is 6.03. The third-order valence-corrected chi connectivity index (χ3v) is 3.78. The average molecular weight is 333 g/mol. The standard InChI is InChI=1S/C17H14Cl2N2O/c1-2-22-17(20)10-3-4-15-11(5-10)8-16(21-15)12-6-13(18)9-14(19)7-12/h3-9,20-21H,2H2,1H3. The van der Waals surface area contributed by atoms with E-state index in [1.165, 1.54) is 0 Å². The highest BCUT2D eigenvalue weighted by molar-refractivity contribution is 6.35. The second-order valence-corrected chi connectivity index (χ2v) is 5.78. The summed E-state index contributed by atoms with van der Waals surface area (Å²) in [6.07, 6.45) is 0. The molecule has 3 nitrogen and oxygen atoms in total. The Balaban J connectivity index is 2.04. The topological polar surface area (TPSA) is 48.9 Å². The SMILES string of the molecule is CCOC(=N)c1ccc2[nH]c(-c3cc(Cl)cc(Cl)c3)cc2c1. The van der Waals surface area contributed by atoms with Gasteiger partial charge in [-0.25, -0.2) is 0 Å². The van der Waals surface area contributed by atoms with E-state index < -0.39 is 0 Å². The minimum atomic E-state index is 0.179. The molecule has 0 aliphatic heterocycles. The van der Waals surface area contributed by atoms with Gasteiger partial charge in [-0.2, -0.15) is 0 Å². The lowest BCUT2D eigenvalue weighted by Gasteiger charge is -2.04. The number of aromatic nitrogens is 1. The number of aromatic amines is 1. The van der Waals surface area contributed by atoms with Crippen molar-refractivity contribution in [1.29, 1.82) is 5.41 Å². The van der Waals surface area contributed by atoms with Gasteiger partial charge >= 0.3 is 0 Å². The Bertz CT molecular complexity index is 835. The molecule has 0 bridgehead atoms. The summed E-state index contributed by atoms with van der Waals surface area (Å²) < 4.78 is 5.24. The van der Waals surface area contributed by atoms with Gasteiger partial charge in [0.05, 0.1) is 6.61 Å². The molecule has 5 heteroatoms. The minimum Gasteiger partial charge on any atom is -0.478 e. The third kappa shape index (κ3) is 2.96. The van der Waals surface area contributed by atoms with Gasteiger partial charge in [-0.15, -0.1) is 0 Å². The predicted molar refractivity (Wildman–Crippen MR) is 92.2 cm³/mol. The fourth-order valence-electron chi connectivity index (χ4n) is 2.37. The van der Waals surface area contributed by atoms with Crippen molar-refractivity contribution in [2.24, 2.45) is 0 Å². The first kappa shape index (κ1) is 14.9. The summed E-state index contributed by atoms with van der Waals surface area (Å²) in [5.74, 6) is 0.179. The lowest BCUT2D eigenvalue weighted by Crippen LogP contribution is -2.03. The molecule has 1 aromatic heterocycles. The summed E-state index contributed by atoms with van der Waals surface area (Å²) in [6.45, 7) is 2.35. The molecule has 0 atom stereocenters. The van der Waals surface area contributed by atoms with Crippen LogP contribution in [0, 0.1) is 5.41 Å². The van der Waals surface area contributed by atoms with E-state index in [1.54, 1.807) is 6.07 Å². The van der Waals surface area contributed by atoms with Crippen molar-refractivity contribution in [2.45, 2.75) is 6.92 Å². The molecule has 2 N–H and O–H groups in total. The largest absolute Gasteiger partial charge is 0.478 e. The van der Waals surface area contributed by atoms with Gasteiger partial charge in [0.25, 0.3) is 0 Å². The Labute approximate surface area is 138 Å². The van der Waals surface area contributed by atoms with Crippen LogP contribution in [0.5, 0.6) is 0 Å². The Morgan fingerprint density at radius 2 is 1.82 bits per heavy atom. The number of rotatable bonds is 3. The fraction of sp³-hybridized carbons (Fsp3) is 0.118. The number of fused-ring (bicyclic) bond motifs is 1. The predicted octanol–water partition coefficient (Wildman–Crippen LogP) is 5.50. The highest BCUT2D eigenvalue weighted by atomic mass is 35.5. The molecule has 0 amide bonds. The van der Waals surface area contributed by atoms with E-state index in [-0.39, 0.29) is 5.90 Å². The van der Waals surface area contributed by atoms with Crippen molar-refractivity contribution in [1.82, 2.24) is 4.98 Å². The second-order valence-electron chi connectivity index (χ2n) is 4.91. The van der Waals surface area contributed by atoms with E-state index in [9.17, 15) is 0 Å². The number of ether oxygens (including phenoxy) is 1. The van der Waals surface area contributed by atoms with Crippen LogP contribution < -0.4 is 0 Å². The van der Waals surface area contributed by atoms with Gasteiger partial charge in [0.1, 0.15) is 0 Å². The van der Waals surface area contributed by atoms with E-state index >= 15 is 0 Å². The zero-order valence-electron chi connectivity index (χ0n) is 11.9. The summed E-state index contributed by atoms with van der Waals surface area (Å²) in [6, 6.07) is 13.2. The Kier molecular flexibility index (Phi) is 4.10. The fourth-order valence-corrected chi connectivity index (χ4v) is 2.89. The Morgan fingerprint density at radius 3 is 2.50 bits per heavy atom. The summed E-state index contributed by atoms with van der Waals surface area (Å²) in [5.41, 5.74) is 3.60. The zero-order valence-corrected chi connectivity index (χ0v) is 13.4. The van der Waals surface area contributed by atoms with E-state index in [0.717, 1.165) is 27.7 Å². The molecule has 2 aromatic carbocycles. The molecule has 0 saturated carbocycles. The molecule has 0 unspecified atom stereocenters. The summed E-state index contributed by atoms with van der Waals surface area (Å²) in [4.78, 5) is 3.34. The first-order chi connectivity index (χ1) is 10.6. The number of nitrogens with one attached hydrogen (secondary N) is 2. The van der Waals surface area contributed by atoms with Crippen LogP contribution in [0.2, 0.25) is 10.0 Å². The molecule has 112 valence electrons. The molecule has 1 heterocycles. The van der Waals surface area contributed by atoms with Crippen LogP contribution in [0.1, 0.15) is 12.5 Å². The summed E-state index contributed by atoms with van der Waals surface area (Å²) >= 11 is 12.1. The van der Waals surface area contributed by atoms with Crippen LogP contribution in [0.4, 0.5) is 0 Å². The Hall–Kier alpha value is -1.97. The van der Waals surface area contributed by atoms with E-state index in [4.69, 9.17) is 33.3 Å². The first-order valence-electron chi connectivity index (χ1n) is 6.88. The number of halogens is 2. The summed E-state index contributed by atoms with van der Waals surface area (Å²) in [5, 5.41) is 10.1. The van der Waals surface area contributed by atoms with Gasteiger partial charge in [-0.1, -0.05) is 23.2 Å². The zero-order chi connectivity index (χ0) is 15.7. The molecule has 0 spiro atoms. The molecule has 0 aliphatic carbocycles. The van der Waals surface area contributed by atoms with Crippen molar-refractivity contribution in [2.75, 3.05) is 6.61 Å². The van der Waals surface area contributed by atoms with Crippen LogP contribution in [0.3, 0.4) is 0 Å². The van der Waals surface area contributed by atoms with E-state index in [2.05, 4.69) is 4.98 Å². The average Bonchev–Trinajstić information content (AvgIpc) is 2.89. The van der Waals surface area contributed by atoms with Crippen LogP contribution in [-0.4, -0.2) is 17.5 Å².